The number of hydrogen-bond acceptors (Lipinski definition) is 6. The molecule has 0 amide bonds. The van der Waals surface area contributed by atoms with Crippen LogP contribution in [0, 0.1) is 6.92 Å². The summed E-state index contributed by atoms with van der Waals surface area (Å²) in [5, 5.41) is 4.18. The Kier molecular flexibility index (Phi) is 5.95. The average molecular weight is 417 g/mol. The number of ether oxygens (including phenoxy) is 1. The normalized spacial score (nSPS) is 12.3. The third-order valence-electron chi connectivity index (χ3n) is 3.81. The molecule has 0 saturated heterocycles. The van der Waals surface area contributed by atoms with E-state index >= 15 is 0 Å². The molecule has 30 heavy (non-hydrogen) atoms. The van der Waals surface area contributed by atoms with Gasteiger partial charge in [0.15, 0.2) is 5.82 Å². The lowest BCUT2D eigenvalue weighted by molar-refractivity contribution is -0.141. The molecule has 0 aliphatic rings. The fourth-order valence-corrected chi connectivity index (χ4v) is 2.59. The zero-order valence-electron chi connectivity index (χ0n) is 16.4. The van der Waals surface area contributed by atoms with Crippen LogP contribution in [0.25, 0.3) is 23.2 Å². The van der Waals surface area contributed by atoms with Gasteiger partial charge in [-0.1, -0.05) is 6.07 Å². The Morgan fingerprint density at radius 3 is 2.67 bits per heavy atom. The van der Waals surface area contributed by atoms with E-state index in [-0.39, 0.29) is 28.8 Å². The van der Waals surface area contributed by atoms with Crippen molar-refractivity contribution >= 4 is 17.7 Å². The summed E-state index contributed by atoms with van der Waals surface area (Å²) in [7, 11) is 0. The molecule has 7 nitrogen and oxygen atoms in total. The molecule has 0 radical (unpaired) electrons. The molecular weight excluding hydrogens is 399 g/mol. The van der Waals surface area contributed by atoms with Crippen LogP contribution in [0.2, 0.25) is 0 Å². The van der Waals surface area contributed by atoms with Crippen LogP contribution in [-0.2, 0) is 15.7 Å². The topological polar surface area (TPSA) is 82.8 Å². The van der Waals surface area contributed by atoms with Crippen molar-refractivity contribution in [3.05, 3.63) is 59.9 Å². The number of pyridine rings is 2. The Morgan fingerprint density at radius 1 is 1.27 bits per heavy atom. The predicted octanol–water partition coefficient (Wildman–Crippen LogP) is 4.01. The van der Waals surface area contributed by atoms with E-state index < -0.39 is 17.8 Å². The molecule has 0 bridgehead atoms. The molecule has 156 valence electrons. The van der Waals surface area contributed by atoms with Crippen LogP contribution in [0.5, 0.6) is 0 Å². The van der Waals surface area contributed by atoms with E-state index in [1.807, 2.05) is 0 Å². The van der Waals surface area contributed by atoms with Gasteiger partial charge in [0.1, 0.15) is 12.0 Å². The number of aryl methyl sites for hydroxylation is 1. The Bertz CT molecular complexity index is 1080. The largest absolute Gasteiger partial charge is 0.459 e. The smallest absolute Gasteiger partial charge is 0.433 e. The molecule has 0 atom stereocenters. The fraction of sp³-hybridized carbons (Fsp3) is 0.250. The molecule has 0 N–H and O–H groups in total. The number of rotatable bonds is 5. The van der Waals surface area contributed by atoms with Crippen LogP contribution in [-0.4, -0.2) is 36.8 Å². The van der Waals surface area contributed by atoms with Crippen LogP contribution in [0.1, 0.15) is 30.8 Å². The average Bonchev–Trinajstić information content (AvgIpc) is 3.14. The number of carbonyl (C=O) groups is 1. The number of alkyl halides is 3. The quantitative estimate of drug-likeness (QED) is 0.461. The zero-order chi connectivity index (χ0) is 21.9. The zero-order valence-corrected chi connectivity index (χ0v) is 16.4. The van der Waals surface area contributed by atoms with Crippen molar-refractivity contribution in [1.29, 1.82) is 0 Å². The standard InChI is InChI=1S/C20H18F3N5O2/c1-12(2)30-19(29)16(14-5-4-6-24-9-14)10-28-11-25-18(27-28)15-7-13(3)26-17(8-15)20(21,22)23/h4-12H,1-3H3/b16-10+. The van der Waals surface area contributed by atoms with Gasteiger partial charge in [0.25, 0.3) is 0 Å². The van der Waals surface area contributed by atoms with Gasteiger partial charge in [0, 0.05) is 35.4 Å². The predicted molar refractivity (Wildman–Crippen MR) is 103 cm³/mol. The van der Waals surface area contributed by atoms with Gasteiger partial charge < -0.3 is 4.74 Å². The van der Waals surface area contributed by atoms with Crippen molar-refractivity contribution in [1.82, 2.24) is 24.7 Å². The monoisotopic (exact) mass is 417 g/mol. The third-order valence-corrected chi connectivity index (χ3v) is 3.81. The number of halogens is 3. The molecular formula is C20H18F3N5O2. The van der Waals surface area contributed by atoms with Gasteiger partial charge in [-0.05, 0) is 39.0 Å². The minimum Gasteiger partial charge on any atom is -0.459 e. The van der Waals surface area contributed by atoms with E-state index in [0.29, 0.717) is 5.56 Å². The van der Waals surface area contributed by atoms with Crippen LogP contribution in [0.3, 0.4) is 0 Å². The van der Waals surface area contributed by atoms with Gasteiger partial charge in [-0.25, -0.2) is 19.4 Å². The van der Waals surface area contributed by atoms with Crippen molar-refractivity contribution in [2.24, 2.45) is 0 Å². The van der Waals surface area contributed by atoms with Crippen molar-refractivity contribution in [3.8, 4) is 11.4 Å². The number of esters is 1. The van der Waals surface area contributed by atoms with Gasteiger partial charge in [-0.2, -0.15) is 13.2 Å². The lowest BCUT2D eigenvalue weighted by Gasteiger charge is -2.11. The highest BCUT2D eigenvalue weighted by molar-refractivity contribution is 6.20. The Morgan fingerprint density at radius 2 is 2.03 bits per heavy atom. The van der Waals surface area contributed by atoms with Crippen LogP contribution < -0.4 is 0 Å². The maximum absolute atomic E-state index is 13.0. The summed E-state index contributed by atoms with van der Waals surface area (Å²) in [6.07, 6.45) is 0.801. The van der Waals surface area contributed by atoms with Crippen molar-refractivity contribution in [2.75, 3.05) is 0 Å². The lowest BCUT2D eigenvalue weighted by atomic mass is 10.1. The molecule has 0 saturated carbocycles. The van der Waals surface area contributed by atoms with Gasteiger partial charge in [-0.3, -0.25) is 4.98 Å². The molecule has 10 heteroatoms. The summed E-state index contributed by atoms with van der Waals surface area (Å²) in [5.74, 6) is -0.529. The first-order valence-electron chi connectivity index (χ1n) is 8.94. The Labute approximate surface area is 170 Å². The van der Waals surface area contributed by atoms with Crippen LogP contribution in [0.4, 0.5) is 13.2 Å². The summed E-state index contributed by atoms with van der Waals surface area (Å²) >= 11 is 0. The SMILES string of the molecule is Cc1cc(-c2ncn(/C=C(/C(=O)OC(C)C)c3cccnc3)n2)cc(C(F)(F)F)n1. The summed E-state index contributed by atoms with van der Waals surface area (Å²) in [6, 6.07) is 5.68. The molecule has 0 aliphatic heterocycles. The van der Waals surface area contributed by atoms with E-state index in [1.54, 1.807) is 32.2 Å². The second-order valence-electron chi connectivity index (χ2n) is 6.67. The highest BCUT2D eigenvalue weighted by atomic mass is 19.4. The second-order valence-corrected chi connectivity index (χ2v) is 6.67. The van der Waals surface area contributed by atoms with Crippen molar-refractivity contribution in [3.63, 3.8) is 0 Å². The minimum atomic E-state index is -4.59. The van der Waals surface area contributed by atoms with Crippen molar-refractivity contribution < 1.29 is 22.7 Å². The molecule has 3 aromatic rings. The minimum absolute atomic E-state index is 0.0602. The van der Waals surface area contributed by atoms with Gasteiger partial charge >= 0.3 is 12.1 Å². The lowest BCUT2D eigenvalue weighted by Crippen LogP contribution is -2.13. The summed E-state index contributed by atoms with van der Waals surface area (Å²) in [6.45, 7) is 4.89. The van der Waals surface area contributed by atoms with Crippen LogP contribution >= 0.6 is 0 Å². The molecule has 3 heterocycles. The maximum Gasteiger partial charge on any atom is 0.433 e. The first-order chi connectivity index (χ1) is 14.1. The number of aromatic nitrogens is 5. The van der Waals surface area contributed by atoms with E-state index in [0.717, 1.165) is 6.07 Å². The molecule has 0 fully saturated rings. The van der Waals surface area contributed by atoms with E-state index in [1.165, 1.54) is 36.4 Å². The highest BCUT2D eigenvalue weighted by Gasteiger charge is 2.33. The van der Waals surface area contributed by atoms with Gasteiger partial charge in [0.05, 0.1) is 11.7 Å². The van der Waals surface area contributed by atoms with Gasteiger partial charge in [-0.15, -0.1) is 5.10 Å². The summed E-state index contributed by atoms with van der Waals surface area (Å²) in [4.78, 5) is 24.1. The third kappa shape index (κ3) is 5.07. The van der Waals surface area contributed by atoms with Crippen LogP contribution in [0.15, 0.2) is 43.0 Å². The molecule has 3 aromatic heterocycles. The second kappa shape index (κ2) is 8.44. The maximum atomic E-state index is 13.0. The van der Waals surface area contributed by atoms with Crippen molar-refractivity contribution in [2.45, 2.75) is 33.1 Å². The summed E-state index contributed by atoms with van der Waals surface area (Å²) < 4.78 is 45.6. The van der Waals surface area contributed by atoms with Gasteiger partial charge in [0.2, 0.25) is 0 Å². The molecule has 3 rings (SSSR count). The molecule has 0 unspecified atom stereocenters. The number of carbonyl (C=O) groups excluding carboxylic acids is 1. The molecule has 0 aromatic carbocycles. The molecule has 0 aliphatic carbocycles. The number of hydrogen-bond donors (Lipinski definition) is 0. The highest BCUT2D eigenvalue weighted by Crippen LogP contribution is 2.30. The fourth-order valence-electron chi connectivity index (χ4n) is 2.59. The Balaban J connectivity index is 2.00. The molecule has 0 spiro atoms. The number of nitrogens with zero attached hydrogens (tertiary/aromatic N) is 5. The first kappa shape index (κ1) is 21.2. The van der Waals surface area contributed by atoms with E-state index in [4.69, 9.17) is 4.74 Å². The van der Waals surface area contributed by atoms with E-state index in [2.05, 4.69) is 20.1 Å². The summed E-state index contributed by atoms with van der Waals surface area (Å²) in [5.41, 5.74) is -0.00616. The first-order valence-corrected chi connectivity index (χ1v) is 8.94. The Hall–Kier alpha value is -3.56. The van der Waals surface area contributed by atoms with E-state index in [9.17, 15) is 18.0 Å².